The highest BCUT2D eigenvalue weighted by atomic mass is 16.5. The van der Waals surface area contributed by atoms with E-state index in [-0.39, 0.29) is 17.4 Å². The molecular formula is C17H22N2O2. The molecule has 112 valence electrons. The Labute approximate surface area is 126 Å². The lowest BCUT2D eigenvalue weighted by Crippen LogP contribution is -2.38. The number of amides is 1. The first-order chi connectivity index (χ1) is 9.93. The summed E-state index contributed by atoms with van der Waals surface area (Å²) in [5.41, 5.74) is 0.910. The zero-order valence-electron chi connectivity index (χ0n) is 12.8. The Bertz CT molecular complexity index is 555. The summed E-state index contributed by atoms with van der Waals surface area (Å²) in [4.78, 5) is 12.2. The molecule has 4 nitrogen and oxygen atoms in total. The van der Waals surface area contributed by atoms with Gasteiger partial charge in [-0.2, -0.15) is 5.26 Å². The van der Waals surface area contributed by atoms with E-state index in [2.05, 4.69) is 32.2 Å². The second kappa shape index (κ2) is 6.28. The molecule has 1 fully saturated rings. The molecule has 0 aromatic heterocycles. The standard InChI is InChI=1S/C17H22N2O2/c1-17(2,3)15-13(8-9-21-15)11-19-16(20)14-7-5-4-6-12(14)10-18/h4-7,13,15H,8-9,11H2,1-3H3,(H,19,20)/t13-,15+/m1/s1. The number of nitrogens with one attached hydrogen (secondary N) is 1. The molecule has 1 aromatic carbocycles. The van der Waals surface area contributed by atoms with Crippen LogP contribution in [0.4, 0.5) is 0 Å². The minimum Gasteiger partial charge on any atom is -0.377 e. The third-order valence-electron chi connectivity index (χ3n) is 3.88. The van der Waals surface area contributed by atoms with Gasteiger partial charge in [0.05, 0.1) is 23.3 Å². The van der Waals surface area contributed by atoms with Crippen LogP contribution in [-0.4, -0.2) is 25.2 Å². The minimum atomic E-state index is -0.188. The van der Waals surface area contributed by atoms with Crippen LogP contribution in [0.15, 0.2) is 24.3 Å². The Kier molecular flexibility index (Phi) is 4.64. The van der Waals surface area contributed by atoms with E-state index in [1.54, 1.807) is 24.3 Å². The van der Waals surface area contributed by atoms with Crippen LogP contribution in [0.2, 0.25) is 0 Å². The number of rotatable bonds is 3. The summed E-state index contributed by atoms with van der Waals surface area (Å²) >= 11 is 0. The molecule has 2 rings (SSSR count). The van der Waals surface area contributed by atoms with Crippen molar-refractivity contribution in [2.45, 2.75) is 33.3 Å². The monoisotopic (exact) mass is 286 g/mol. The number of hydrogen-bond donors (Lipinski definition) is 1. The molecule has 21 heavy (non-hydrogen) atoms. The van der Waals surface area contributed by atoms with Crippen LogP contribution in [-0.2, 0) is 4.74 Å². The number of carbonyl (C=O) groups excluding carboxylic acids is 1. The van der Waals surface area contributed by atoms with Crippen molar-refractivity contribution in [1.82, 2.24) is 5.32 Å². The van der Waals surface area contributed by atoms with E-state index in [1.165, 1.54) is 0 Å². The van der Waals surface area contributed by atoms with Gasteiger partial charge in [0.1, 0.15) is 0 Å². The summed E-state index contributed by atoms with van der Waals surface area (Å²) in [6, 6.07) is 8.92. The van der Waals surface area contributed by atoms with Gasteiger partial charge in [-0.05, 0) is 24.0 Å². The summed E-state index contributed by atoms with van der Waals surface area (Å²) in [5.74, 6) is 0.134. The normalized spacial score (nSPS) is 21.8. The second-order valence-electron chi connectivity index (χ2n) is 6.57. The van der Waals surface area contributed by atoms with Crippen LogP contribution >= 0.6 is 0 Å². The van der Waals surface area contributed by atoms with E-state index >= 15 is 0 Å². The van der Waals surface area contributed by atoms with Crippen molar-refractivity contribution in [3.63, 3.8) is 0 Å². The zero-order chi connectivity index (χ0) is 15.5. The summed E-state index contributed by atoms with van der Waals surface area (Å²) in [7, 11) is 0. The highest BCUT2D eigenvalue weighted by Gasteiger charge is 2.37. The number of nitrogens with zero attached hydrogens (tertiary/aromatic N) is 1. The third kappa shape index (κ3) is 3.62. The van der Waals surface area contributed by atoms with Gasteiger partial charge in [0.25, 0.3) is 5.91 Å². The van der Waals surface area contributed by atoms with Crippen LogP contribution in [0.1, 0.15) is 43.1 Å². The molecule has 1 aliphatic heterocycles. The van der Waals surface area contributed by atoms with Crippen molar-refractivity contribution in [2.24, 2.45) is 11.3 Å². The molecule has 1 amide bonds. The first-order valence-electron chi connectivity index (χ1n) is 7.32. The van der Waals surface area contributed by atoms with E-state index in [0.29, 0.717) is 23.6 Å². The van der Waals surface area contributed by atoms with E-state index in [4.69, 9.17) is 10.00 Å². The highest BCUT2D eigenvalue weighted by molar-refractivity contribution is 5.96. The van der Waals surface area contributed by atoms with Gasteiger partial charge < -0.3 is 10.1 Å². The molecular weight excluding hydrogens is 264 g/mol. The summed E-state index contributed by atoms with van der Waals surface area (Å²) in [6.45, 7) is 7.80. The zero-order valence-corrected chi connectivity index (χ0v) is 12.8. The first-order valence-corrected chi connectivity index (χ1v) is 7.32. The van der Waals surface area contributed by atoms with Crippen molar-refractivity contribution in [3.05, 3.63) is 35.4 Å². The van der Waals surface area contributed by atoms with Crippen molar-refractivity contribution in [2.75, 3.05) is 13.2 Å². The van der Waals surface area contributed by atoms with Crippen molar-refractivity contribution in [3.8, 4) is 6.07 Å². The summed E-state index contributed by atoms with van der Waals surface area (Å²) < 4.78 is 5.81. The van der Waals surface area contributed by atoms with Crippen molar-refractivity contribution in [1.29, 1.82) is 5.26 Å². The molecule has 0 bridgehead atoms. The van der Waals surface area contributed by atoms with Gasteiger partial charge in [-0.15, -0.1) is 0 Å². The maximum atomic E-state index is 12.2. The summed E-state index contributed by atoms with van der Waals surface area (Å²) in [6.07, 6.45) is 1.12. The van der Waals surface area contributed by atoms with Gasteiger partial charge in [0, 0.05) is 19.1 Å². The smallest absolute Gasteiger partial charge is 0.252 e. The van der Waals surface area contributed by atoms with Crippen LogP contribution in [0, 0.1) is 22.7 Å². The van der Waals surface area contributed by atoms with Crippen LogP contribution in [0.3, 0.4) is 0 Å². The van der Waals surface area contributed by atoms with Crippen molar-refractivity contribution < 1.29 is 9.53 Å². The highest BCUT2D eigenvalue weighted by Crippen LogP contribution is 2.34. The van der Waals surface area contributed by atoms with Crippen molar-refractivity contribution >= 4 is 5.91 Å². The number of carbonyl (C=O) groups is 1. The Morgan fingerprint density at radius 1 is 1.43 bits per heavy atom. The average molecular weight is 286 g/mol. The molecule has 1 aliphatic rings. The predicted molar refractivity (Wildman–Crippen MR) is 80.8 cm³/mol. The molecule has 0 unspecified atom stereocenters. The molecule has 0 spiro atoms. The van der Waals surface area contributed by atoms with E-state index in [9.17, 15) is 4.79 Å². The molecule has 1 aromatic rings. The Hall–Kier alpha value is -1.86. The number of ether oxygens (including phenoxy) is 1. The molecule has 0 saturated carbocycles. The minimum absolute atomic E-state index is 0.0659. The molecule has 1 N–H and O–H groups in total. The molecule has 0 radical (unpaired) electrons. The quantitative estimate of drug-likeness (QED) is 0.929. The molecule has 4 heteroatoms. The number of nitriles is 1. The SMILES string of the molecule is CC(C)(C)[C@H]1OCC[C@@H]1CNC(=O)c1ccccc1C#N. The van der Waals surface area contributed by atoms with E-state index in [0.717, 1.165) is 13.0 Å². The lowest BCUT2D eigenvalue weighted by atomic mass is 9.81. The van der Waals surface area contributed by atoms with Gasteiger partial charge in [0.15, 0.2) is 0 Å². The van der Waals surface area contributed by atoms with E-state index < -0.39 is 0 Å². The lowest BCUT2D eigenvalue weighted by Gasteiger charge is -2.31. The van der Waals surface area contributed by atoms with E-state index in [1.807, 2.05) is 0 Å². The molecule has 0 aliphatic carbocycles. The lowest BCUT2D eigenvalue weighted by molar-refractivity contribution is 0.00737. The van der Waals surface area contributed by atoms with Crippen LogP contribution < -0.4 is 5.32 Å². The molecule has 1 saturated heterocycles. The second-order valence-corrected chi connectivity index (χ2v) is 6.57. The maximum absolute atomic E-state index is 12.2. The summed E-state index contributed by atoms with van der Waals surface area (Å²) in [5, 5.41) is 12.0. The van der Waals surface area contributed by atoms with Gasteiger partial charge in [-0.3, -0.25) is 4.79 Å². The van der Waals surface area contributed by atoms with Crippen LogP contribution in [0.25, 0.3) is 0 Å². The predicted octanol–water partition coefficient (Wildman–Crippen LogP) is 2.74. The number of benzene rings is 1. The molecule has 2 atom stereocenters. The fourth-order valence-corrected chi connectivity index (χ4v) is 2.90. The largest absolute Gasteiger partial charge is 0.377 e. The van der Waals surface area contributed by atoms with Gasteiger partial charge in [-0.1, -0.05) is 32.9 Å². The Balaban J connectivity index is 2.00. The maximum Gasteiger partial charge on any atom is 0.252 e. The van der Waals surface area contributed by atoms with Gasteiger partial charge in [-0.25, -0.2) is 0 Å². The first kappa shape index (κ1) is 15.5. The Morgan fingerprint density at radius 3 is 2.81 bits per heavy atom. The van der Waals surface area contributed by atoms with Gasteiger partial charge in [0.2, 0.25) is 0 Å². The fraction of sp³-hybridized carbons (Fsp3) is 0.529. The third-order valence-corrected chi connectivity index (χ3v) is 3.88. The Morgan fingerprint density at radius 2 is 2.14 bits per heavy atom. The average Bonchev–Trinajstić information content (AvgIpc) is 2.93. The topological polar surface area (TPSA) is 62.1 Å². The van der Waals surface area contributed by atoms with Gasteiger partial charge >= 0.3 is 0 Å². The molecule has 1 heterocycles. The van der Waals surface area contributed by atoms with Crippen LogP contribution in [0.5, 0.6) is 0 Å². The number of hydrogen-bond acceptors (Lipinski definition) is 3. The fourth-order valence-electron chi connectivity index (χ4n) is 2.90.